The second kappa shape index (κ2) is 6.36. The number of likely N-dealkylation sites (tertiary alicyclic amines) is 1. The van der Waals surface area contributed by atoms with Gasteiger partial charge in [-0.25, -0.2) is 0 Å². The number of nitrogens with zero attached hydrogens (tertiary/aromatic N) is 3. The lowest BCUT2D eigenvalue weighted by atomic mass is 9.71. The predicted molar refractivity (Wildman–Crippen MR) is 94.6 cm³/mol. The lowest BCUT2D eigenvalue weighted by Gasteiger charge is -2.46. The van der Waals surface area contributed by atoms with Gasteiger partial charge in [-0.1, -0.05) is 6.08 Å². The van der Waals surface area contributed by atoms with Gasteiger partial charge in [0, 0.05) is 5.54 Å². The number of ether oxygens (including phenoxy) is 1. The Kier molecular flexibility index (Phi) is 4.56. The molecule has 1 aromatic rings. The van der Waals surface area contributed by atoms with Gasteiger partial charge in [0.15, 0.2) is 0 Å². The summed E-state index contributed by atoms with van der Waals surface area (Å²) in [6, 6.07) is 0. The van der Waals surface area contributed by atoms with Gasteiger partial charge in [-0.05, 0) is 77.1 Å². The van der Waals surface area contributed by atoms with Crippen molar-refractivity contribution in [2.75, 3.05) is 19.7 Å². The molecule has 2 aliphatic rings. The molecule has 0 amide bonds. The van der Waals surface area contributed by atoms with Crippen molar-refractivity contribution in [3.8, 4) is 0 Å². The summed E-state index contributed by atoms with van der Waals surface area (Å²) in [6.45, 7) is 11.6. The van der Waals surface area contributed by atoms with E-state index in [4.69, 9.17) is 4.74 Å². The highest BCUT2D eigenvalue weighted by Crippen LogP contribution is 2.42. The Balaban J connectivity index is 1.69. The van der Waals surface area contributed by atoms with Gasteiger partial charge >= 0.3 is 5.97 Å². The van der Waals surface area contributed by atoms with Crippen LogP contribution in [0.4, 0.5) is 0 Å². The molecule has 0 bridgehead atoms. The van der Waals surface area contributed by atoms with Gasteiger partial charge in [0.25, 0.3) is 0 Å². The number of allylic oxidation sites excluding steroid dienone is 1. The second-order valence-electron chi connectivity index (χ2n) is 8.05. The van der Waals surface area contributed by atoms with Gasteiger partial charge in [0.05, 0.1) is 18.5 Å². The topological polar surface area (TPSA) is 47.4 Å². The van der Waals surface area contributed by atoms with Crippen molar-refractivity contribution in [2.45, 2.75) is 59.0 Å². The molecule has 132 valence electrons. The standard InChI is InChI=1S/C19H29N3O2/c1-5-24-17(23)14-22-16-6-7-19(12-15(16)13-20-22)8-10-21(11-9-19)18(2,3)4/h6-7,13H,5,8-12,14H2,1-4H3. The smallest absolute Gasteiger partial charge is 0.327 e. The van der Waals surface area contributed by atoms with Gasteiger partial charge < -0.3 is 4.74 Å². The van der Waals surface area contributed by atoms with Crippen molar-refractivity contribution in [3.05, 3.63) is 23.5 Å². The van der Waals surface area contributed by atoms with Crippen molar-refractivity contribution >= 4 is 12.0 Å². The van der Waals surface area contributed by atoms with E-state index >= 15 is 0 Å². The highest BCUT2D eigenvalue weighted by molar-refractivity contribution is 5.70. The van der Waals surface area contributed by atoms with E-state index in [1.54, 1.807) is 4.68 Å². The number of esters is 1. The van der Waals surface area contributed by atoms with Crippen LogP contribution >= 0.6 is 0 Å². The number of aromatic nitrogens is 2. The largest absolute Gasteiger partial charge is 0.465 e. The molecule has 2 heterocycles. The highest BCUT2D eigenvalue weighted by Gasteiger charge is 2.38. The Morgan fingerprint density at radius 1 is 1.33 bits per heavy atom. The molecule has 24 heavy (non-hydrogen) atoms. The van der Waals surface area contributed by atoms with E-state index in [2.05, 4.69) is 42.9 Å². The summed E-state index contributed by atoms with van der Waals surface area (Å²) in [7, 11) is 0. The maximum absolute atomic E-state index is 11.7. The van der Waals surface area contributed by atoms with Crippen LogP contribution in [0.15, 0.2) is 12.3 Å². The fourth-order valence-corrected chi connectivity index (χ4v) is 3.88. The molecule has 1 aliphatic carbocycles. The van der Waals surface area contributed by atoms with Crippen LogP contribution in [-0.2, 0) is 22.5 Å². The molecule has 1 fully saturated rings. The van der Waals surface area contributed by atoms with Crippen LogP contribution in [0, 0.1) is 5.41 Å². The third-order valence-corrected chi connectivity index (χ3v) is 5.39. The van der Waals surface area contributed by atoms with E-state index in [1.165, 1.54) is 18.4 Å². The fraction of sp³-hybridized carbons (Fsp3) is 0.684. The summed E-state index contributed by atoms with van der Waals surface area (Å²) >= 11 is 0. The van der Waals surface area contributed by atoms with Crippen LogP contribution in [0.2, 0.25) is 0 Å². The molecular weight excluding hydrogens is 302 g/mol. The Labute approximate surface area is 144 Å². The molecule has 0 saturated carbocycles. The minimum atomic E-state index is -0.226. The average molecular weight is 331 g/mol. The van der Waals surface area contributed by atoms with Gasteiger partial charge in [-0.15, -0.1) is 0 Å². The van der Waals surface area contributed by atoms with Crippen LogP contribution in [0.5, 0.6) is 0 Å². The van der Waals surface area contributed by atoms with Crippen molar-refractivity contribution < 1.29 is 9.53 Å². The Morgan fingerprint density at radius 2 is 2.04 bits per heavy atom. The summed E-state index contributed by atoms with van der Waals surface area (Å²) in [5.41, 5.74) is 2.82. The van der Waals surface area contributed by atoms with Crippen LogP contribution in [0.25, 0.3) is 6.08 Å². The van der Waals surface area contributed by atoms with Gasteiger partial charge in [-0.3, -0.25) is 14.4 Å². The number of fused-ring (bicyclic) bond motifs is 1. The fourth-order valence-electron chi connectivity index (χ4n) is 3.88. The van der Waals surface area contributed by atoms with Crippen LogP contribution in [0.3, 0.4) is 0 Å². The first-order chi connectivity index (χ1) is 11.3. The Bertz CT molecular complexity index is 632. The molecule has 1 spiro atoms. The first kappa shape index (κ1) is 17.2. The maximum atomic E-state index is 11.7. The van der Waals surface area contributed by atoms with Gasteiger partial charge in [0.1, 0.15) is 6.54 Å². The Hall–Kier alpha value is -1.62. The molecule has 1 aromatic heterocycles. The number of carbonyl (C=O) groups excluding carboxylic acids is 1. The van der Waals surface area contributed by atoms with E-state index in [0.717, 1.165) is 25.2 Å². The molecule has 1 aliphatic heterocycles. The van der Waals surface area contributed by atoms with E-state index in [0.29, 0.717) is 6.61 Å². The van der Waals surface area contributed by atoms with Crippen LogP contribution < -0.4 is 0 Å². The van der Waals surface area contributed by atoms with Gasteiger partial charge in [0.2, 0.25) is 0 Å². The molecule has 0 N–H and O–H groups in total. The van der Waals surface area contributed by atoms with Crippen molar-refractivity contribution in [1.29, 1.82) is 0 Å². The normalized spacial score (nSPS) is 20.2. The first-order valence-electron chi connectivity index (χ1n) is 8.98. The molecule has 1 saturated heterocycles. The minimum absolute atomic E-state index is 0.193. The molecule has 3 rings (SSSR count). The molecule has 5 nitrogen and oxygen atoms in total. The number of hydrogen-bond acceptors (Lipinski definition) is 4. The van der Waals surface area contributed by atoms with Crippen LogP contribution in [0.1, 0.15) is 51.8 Å². The number of hydrogen-bond donors (Lipinski definition) is 0. The van der Waals surface area contributed by atoms with E-state index in [1.807, 2.05) is 13.1 Å². The van der Waals surface area contributed by atoms with Crippen molar-refractivity contribution in [3.63, 3.8) is 0 Å². The van der Waals surface area contributed by atoms with Crippen molar-refractivity contribution in [2.24, 2.45) is 5.41 Å². The zero-order valence-electron chi connectivity index (χ0n) is 15.3. The van der Waals surface area contributed by atoms with Gasteiger partial charge in [-0.2, -0.15) is 5.10 Å². The quantitative estimate of drug-likeness (QED) is 0.799. The third kappa shape index (κ3) is 3.41. The molecule has 0 radical (unpaired) electrons. The monoisotopic (exact) mass is 331 g/mol. The minimum Gasteiger partial charge on any atom is -0.465 e. The molecule has 0 unspecified atom stereocenters. The first-order valence-corrected chi connectivity index (χ1v) is 8.98. The molecule has 0 aromatic carbocycles. The highest BCUT2D eigenvalue weighted by atomic mass is 16.5. The zero-order valence-corrected chi connectivity index (χ0v) is 15.3. The van der Waals surface area contributed by atoms with E-state index in [9.17, 15) is 4.79 Å². The second-order valence-corrected chi connectivity index (χ2v) is 8.05. The average Bonchev–Trinajstić information content (AvgIpc) is 2.89. The SMILES string of the molecule is CCOC(=O)Cn1ncc2c1C=CC1(CCN(C(C)(C)C)CC1)C2. The lowest BCUT2D eigenvalue weighted by molar-refractivity contribution is -0.144. The van der Waals surface area contributed by atoms with Crippen molar-refractivity contribution in [1.82, 2.24) is 14.7 Å². The number of piperidine rings is 1. The van der Waals surface area contributed by atoms with E-state index in [-0.39, 0.29) is 23.5 Å². The summed E-state index contributed by atoms with van der Waals surface area (Å²) in [4.78, 5) is 14.3. The maximum Gasteiger partial charge on any atom is 0.327 e. The summed E-state index contributed by atoms with van der Waals surface area (Å²) in [5, 5.41) is 4.41. The summed E-state index contributed by atoms with van der Waals surface area (Å²) in [5.74, 6) is -0.226. The zero-order chi connectivity index (χ0) is 17.4. The molecule has 0 atom stereocenters. The van der Waals surface area contributed by atoms with Crippen LogP contribution in [-0.4, -0.2) is 45.9 Å². The lowest BCUT2D eigenvalue weighted by Crippen LogP contribution is -2.49. The molecular formula is C19H29N3O2. The molecule has 5 heteroatoms. The van der Waals surface area contributed by atoms with E-state index < -0.39 is 0 Å². The predicted octanol–water partition coefficient (Wildman–Crippen LogP) is 2.90. The number of rotatable bonds is 3. The Morgan fingerprint density at radius 3 is 2.67 bits per heavy atom. The number of carbonyl (C=O) groups is 1. The summed E-state index contributed by atoms with van der Waals surface area (Å²) in [6.07, 6.45) is 9.85. The summed E-state index contributed by atoms with van der Waals surface area (Å²) < 4.78 is 6.80. The third-order valence-electron chi connectivity index (χ3n) is 5.39.